The first-order valence-electron chi connectivity index (χ1n) is 11.9. The van der Waals surface area contributed by atoms with E-state index in [4.69, 9.17) is 0 Å². The van der Waals surface area contributed by atoms with Crippen LogP contribution in [-0.4, -0.2) is 0 Å². The number of halogens is 5. The fourth-order valence-corrected chi connectivity index (χ4v) is 5.09. The molecule has 0 aliphatic heterocycles. The van der Waals surface area contributed by atoms with Crippen LogP contribution in [0.25, 0.3) is 10.8 Å². The van der Waals surface area contributed by atoms with Gasteiger partial charge in [0.25, 0.3) is 0 Å². The molecule has 0 aromatic heterocycles. The Balaban J connectivity index is 1.72. The van der Waals surface area contributed by atoms with Crippen LogP contribution in [0.3, 0.4) is 0 Å². The molecule has 178 valence electrons. The highest BCUT2D eigenvalue weighted by Crippen LogP contribution is 2.41. The monoisotopic (exact) mass is 470 g/mol. The number of rotatable bonds is 5. The number of fused-ring (bicyclic) bond motifs is 3. The standard InChI is InChI=1S/C29H27F5/c1-2-3-4-5-8-21-13-15-24-22-10-7-6-9-20(22)12-16-25(24)23(21)14-11-19-17-26(30)28(27(31)18-19)29(32,33)34/h6-7,9-10,12,16-18,21,23H,2-5,8,13,15H2,1H3/t21-,23+/m1/s1. The number of hydrogen-bond acceptors (Lipinski definition) is 0. The van der Waals surface area contributed by atoms with Crippen LogP contribution in [0, 0.1) is 29.4 Å². The molecule has 0 unspecified atom stereocenters. The third-order valence-electron chi connectivity index (χ3n) is 6.77. The van der Waals surface area contributed by atoms with E-state index >= 15 is 0 Å². The Morgan fingerprint density at radius 3 is 2.38 bits per heavy atom. The lowest BCUT2D eigenvalue weighted by atomic mass is 9.72. The molecule has 0 amide bonds. The van der Waals surface area contributed by atoms with Gasteiger partial charge in [-0.05, 0) is 59.2 Å². The highest BCUT2D eigenvalue weighted by molar-refractivity contribution is 5.87. The summed E-state index contributed by atoms with van der Waals surface area (Å²) in [5.41, 5.74) is 0.403. The SMILES string of the molecule is CCCCCC[C@@H]1CCc2c(ccc3ccccc23)[C@H]1C#Cc1cc(F)c(C(F)(F)F)c(F)c1. The van der Waals surface area contributed by atoms with E-state index in [9.17, 15) is 22.0 Å². The van der Waals surface area contributed by atoms with Gasteiger partial charge in [-0.1, -0.05) is 80.8 Å². The molecule has 3 aromatic rings. The molecule has 0 nitrogen and oxygen atoms in total. The highest BCUT2D eigenvalue weighted by Gasteiger charge is 2.38. The predicted octanol–water partition coefficient (Wildman–Crippen LogP) is 8.80. The highest BCUT2D eigenvalue weighted by atomic mass is 19.4. The van der Waals surface area contributed by atoms with E-state index in [-0.39, 0.29) is 11.5 Å². The topological polar surface area (TPSA) is 0 Å². The molecule has 2 atom stereocenters. The van der Waals surface area contributed by atoms with Crippen LogP contribution in [-0.2, 0) is 12.6 Å². The lowest BCUT2D eigenvalue weighted by molar-refractivity contribution is -0.142. The minimum atomic E-state index is -5.09. The van der Waals surface area contributed by atoms with Crippen LogP contribution in [0.1, 0.15) is 73.6 Å². The average molecular weight is 471 g/mol. The smallest absolute Gasteiger partial charge is 0.206 e. The summed E-state index contributed by atoms with van der Waals surface area (Å²) >= 11 is 0. The molecule has 34 heavy (non-hydrogen) atoms. The van der Waals surface area contributed by atoms with Crippen molar-refractivity contribution >= 4 is 10.8 Å². The van der Waals surface area contributed by atoms with E-state index in [0.717, 1.165) is 49.5 Å². The van der Waals surface area contributed by atoms with Gasteiger partial charge < -0.3 is 0 Å². The fourth-order valence-electron chi connectivity index (χ4n) is 5.09. The molecule has 5 heteroatoms. The van der Waals surface area contributed by atoms with Crippen molar-refractivity contribution in [2.45, 2.75) is 64.0 Å². The first-order valence-corrected chi connectivity index (χ1v) is 11.9. The van der Waals surface area contributed by atoms with Gasteiger partial charge in [0.05, 0.1) is 0 Å². The molecule has 0 heterocycles. The summed E-state index contributed by atoms with van der Waals surface area (Å²) in [5.74, 6) is 2.88. The third-order valence-corrected chi connectivity index (χ3v) is 6.77. The van der Waals surface area contributed by atoms with Gasteiger partial charge in [-0.3, -0.25) is 0 Å². The average Bonchev–Trinajstić information content (AvgIpc) is 2.79. The number of aryl methyl sites for hydroxylation is 1. The Hall–Kier alpha value is -2.87. The van der Waals surface area contributed by atoms with E-state index < -0.39 is 23.4 Å². The summed E-state index contributed by atoms with van der Waals surface area (Å²) in [6.45, 7) is 2.17. The first-order chi connectivity index (χ1) is 16.3. The van der Waals surface area contributed by atoms with Gasteiger partial charge in [0.15, 0.2) is 0 Å². The normalized spacial score (nSPS) is 17.8. The summed E-state index contributed by atoms with van der Waals surface area (Å²) < 4.78 is 66.9. The number of unbranched alkanes of at least 4 members (excludes halogenated alkanes) is 3. The molecule has 0 fully saturated rings. The maximum atomic E-state index is 14.1. The molecule has 0 radical (unpaired) electrons. The van der Waals surface area contributed by atoms with Gasteiger partial charge in [-0.2, -0.15) is 13.2 Å². The molecule has 0 spiro atoms. The van der Waals surface area contributed by atoms with Crippen molar-refractivity contribution in [3.05, 3.63) is 82.4 Å². The second kappa shape index (κ2) is 10.2. The molecule has 1 aliphatic rings. The number of alkyl halides is 3. The number of benzene rings is 3. The van der Waals surface area contributed by atoms with Crippen molar-refractivity contribution < 1.29 is 22.0 Å². The Morgan fingerprint density at radius 2 is 1.68 bits per heavy atom. The van der Waals surface area contributed by atoms with Crippen molar-refractivity contribution in [2.75, 3.05) is 0 Å². The van der Waals surface area contributed by atoms with Crippen LogP contribution in [0.4, 0.5) is 22.0 Å². The van der Waals surface area contributed by atoms with Crippen LogP contribution in [0.2, 0.25) is 0 Å². The molecule has 3 aromatic carbocycles. The van der Waals surface area contributed by atoms with E-state index in [1.165, 1.54) is 17.4 Å². The molecular formula is C29H27F5. The molecular weight excluding hydrogens is 443 g/mol. The molecule has 0 saturated carbocycles. The van der Waals surface area contributed by atoms with Crippen molar-refractivity contribution in [3.8, 4) is 11.8 Å². The second-order valence-electron chi connectivity index (χ2n) is 9.06. The van der Waals surface area contributed by atoms with Crippen molar-refractivity contribution in [3.63, 3.8) is 0 Å². The minimum absolute atomic E-state index is 0.0827. The summed E-state index contributed by atoms with van der Waals surface area (Å²) in [6, 6.07) is 13.7. The van der Waals surface area contributed by atoms with E-state index in [2.05, 4.69) is 43.0 Å². The summed E-state index contributed by atoms with van der Waals surface area (Å²) in [7, 11) is 0. The van der Waals surface area contributed by atoms with Gasteiger partial charge in [0, 0.05) is 11.5 Å². The molecule has 4 rings (SSSR count). The van der Waals surface area contributed by atoms with Gasteiger partial charge >= 0.3 is 6.18 Å². The summed E-state index contributed by atoms with van der Waals surface area (Å²) in [4.78, 5) is 0. The molecule has 0 N–H and O–H groups in total. The maximum absolute atomic E-state index is 14.1. The zero-order chi connectivity index (χ0) is 24.3. The lowest BCUT2D eigenvalue weighted by Crippen LogP contribution is -2.20. The van der Waals surface area contributed by atoms with Crippen LogP contribution in [0.15, 0.2) is 48.5 Å². The summed E-state index contributed by atoms with van der Waals surface area (Å²) in [5, 5.41) is 2.34. The first kappa shape index (κ1) is 24.3. The summed E-state index contributed by atoms with van der Waals surface area (Å²) in [6.07, 6.45) is 2.37. The lowest BCUT2D eigenvalue weighted by Gasteiger charge is -2.31. The van der Waals surface area contributed by atoms with Gasteiger partial charge in [0.2, 0.25) is 0 Å². The van der Waals surface area contributed by atoms with Crippen molar-refractivity contribution in [2.24, 2.45) is 5.92 Å². The third kappa shape index (κ3) is 5.12. The Morgan fingerprint density at radius 1 is 0.941 bits per heavy atom. The largest absolute Gasteiger partial charge is 0.422 e. The Bertz CT molecular complexity index is 1210. The fraction of sp³-hybridized carbons (Fsp3) is 0.379. The van der Waals surface area contributed by atoms with Crippen molar-refractivity contribution in [1.82, 2.24) is 0 Å². The second-order valence-corrected chi connectivity index (χ2v) is 9.06. The van der Waals surface area contributed by atoms with Crippen LogP contribution in [0.5, 0.6) is 0 Å². The zero-order valence-electron chi connectivity index (χ0n) is 19.1. The molecule has 0 saturated heterocycles. The minimum Gasteiger partial charge on any atom is -0.206 e. The quantitative estimate of drug-likeness (QED) is 0.199. The van der Waals surface area contributed by atoms with Gasteiger partial charge in [-0.15, -0.1) is 0 Å². The Labute approximate surface area is 197 Å². The Kier molecular flexibility index (Phi) is 7.26. The molecule has 1 aliphatic carbocycles. The van der Waals surface area contributed by atoms with Crippen LogP contribution >= 0.6 is 0 Å². The predicted molar refractivity (Wildman–Crippen MR) is 125 cm³/mol. The zero-order valence-corrected chi connectivity index (χ0v) is 19.1. The van der Waals surface area contributed by atoms with Crippen LogP contribution < -0.4 is 0 Å². The van der Waals surface area contributed by atoms with E-state index in [1.807, 2.05) is 12.1 Å². The van der Waals surface area contributed by atoms with Crippen molar-refractivity contribution in [1.29, 1.82) is 0 Å². The van der Waals surface area contributed by atoms with E-state index in [0.29, 0.717) is 18.1 Å². The van der Waals surface area contributed by atoms with Gasteiger partial charge in [-0.25, -0.2) is 8.78 Å². The number of hydrogen-bond donors (Lipinski definition) is 0. The molecule has 0 bridgehead atoms. The maximum Gasteiger partial charge on any atom is 0.422 e. The van der Waals surface area contributed by atoms with Gasteiger partial charge in [0.1, 0.15) is 17.2 Å². The van der Waals surface area contributed by atoms with E-state index in [1.54, 1.807) is 0 Å².